The molecule has 22 heavy (non-hydrogen) atoms. The van der Waals surface area contributed by atoms with Crippen molar-refractivity contribution in [3.63, 3.8) is 0 Å². The largest absolute Gasteiger partial charge is 0.481 e. The van der Waals surface area contributed by atoms with Gasteiger partial charge in [-0.05, 0) is 37.8 Å². The number of hydrogen-bond donors (Lipinski definition) is 1. The number of amides is 1. The molecule has 0 unspecified atom stereocenters. The minimum absolute atomic E-state index is 0.0404. The summed E-state index contributed by atoms with van der Waals surface area (Å²) in [5.74, 6) is -1.39. The lowest BCUT2D eigenvalue weighted by atomic mass is 9.90. The van der Waals surface area contributed by atoms with Crippen LogP contribution in [-0.4, -0.2) is 35.0 Å². The third-order valence-electron chi connectivity index (χ3n) is 4.53. The zero-order valence-electron chi connectivity index (χ0n) is 13.0. The van der Waals surface area contributed by atoms with E-state index in [1.807, 2.05) is 6.92 Å². The summed E-state index contributed by atoms with van der Waals surface area (Å²) < 4.78 is 13.6. The Morgan fingerprint density at radius 2 is 2.09 bits per heavy atom. The lowest BCUT2D eigenvalue weighted by Gasteiger charge is -2.23. The molecule has 4 nitrogen and oxygen atoms in total. The first kappa shape index (κ1) is 16.5. The van der Waals surface area contributed by atoms with E-state index in [-0.39, 0.29) is 24.2 Å². The lowest BCUT2D eigenvalue weighted by Crippen LogP contribution is -2.37. The quantitative estimate of drug-likeness (QED) is 0.910. The fourth-order valence-corrected chi connectivity index (χ4v) is 2.83. The van der Waals surface area contributed by atoms with Gasteiger partial charge in [0.1, 0.15) is 5.82 Å². The van der Waals surface area contributed by atoms with Crippen LogP contribution in [0.2, 0.25) is 0 Å². The maximum atomic E-state index is 13.6. The number of nitrogens with zero attached hydrogens (tertiary/aromatic N) is 1. The van der Waals surface area contributed by atoms with Crippen molar-refractivity contribution in [3.05, 3.63) is 35.6 Å². The highest BCUT2D eigenvalue weighted by atomic mass is 19.1. The third kappa shape index (κ3) is 3.46. The van der Waals surface area contributed by atoms with Crippen LogP contribution in [0, 0.1) is 17.2 Å². The second-order valence-corrected chi connectivity index (χ2v) is 6.41. The fourth-order valence-electron chi connectivity index (χ4n) is 2.83. The molecule has 0 radical (unpaired) electrons. The van der Waals surface area contributed by atoms with Gasteiger partial charge < -0.3 is 10.0 Å². The minimum Gasteiger partial charge on any atom is -0.481 e. The number of rotatable bonds is 5. The van der Waals surface area contributed by atoms with Crippen LogP contribution in [0.4, 0.5) is 4.39 Å². The molecule has 0 saturated carbocycles. The highest BCUT2D eigenvalue weighted by Crippen LogP contribution is 2.31. The minimum atomic E-state index is -0.859. The van der Waals surface area contributed by atoms with Gasteiger partial charge in [0.25, 0.3) is 0 Å². The van der Waals surface area contributed by atoms with Gasteiger partial charge in [0.2, 0.25) is 5.91 Å². The Balaban J connectivity index is 1.91. The molecule has 120 valence electrons. The average molecular weight is 307 g/mol. The molecule has 0 spiro atoms. The number of aliphatic carboxylic acids is 1. The van der Waals surface area contributed by atoms with Crippen LogP contribution in [0.25, 0.3) is 0 Å². The van der Waals surface area contributed by atoms with Crippen molar-refractivity contribution in [2.45, 2.75) is 33.1 Å². The van der Waals surface area contributed by atoms with E-state index in [0.717, 1.165) is 0 Å². The van der Waals surface area contributed by atoms with Gasteiger partial charge >= 0.3 is 5.97 Å². The molecule has 0 bridgehead atoms. The Kier molecular flexibility index (Phi) is 4.84. The summed E-state index contributed by atoms with van der Waals surface area (Å²) >= 11 is 0. The topological polar surface area (TPSA) is 57.6 Å². The van der Waals surface area contributed by atoms with Crippen molar-refractivity contribution in [1.82, 2.24) is 4.90 Å². The van der Waals surface area contributed by atoms with Crippen molar-refractivity contribution >= 4 is 11.9 Å². The third-order valence-corrected chi connectivity index (χ3v) is 4.53. The van der Waals surface area contributed by atoms with Gasteiger partial charge in [0.05, 0.1) is 5.41 Å². The van der Waals surface area contributed by atoms with Gasteiger partial charge in [-0.1, -0.05) is 25.1 Å². The molecule has 1 amide bonds. The van der Waals surface area contributed by atoms with Crippen LogP contribution in [0.5, 0.6) is 0 Å². The Labute approximate surface area is 129 Å². The number of carbonyl (C=O) groups is 2. The first-order chi connectivity index (χ1) is 10.3. The Morgan fingerprint density at radius 1 is 1.41 bits per heavy atom. The predicted molar refractivity (Wildman–Crippen MR) is 80.8 cm³/mol. The highest BCUT2D eigenvalue weighted by molar-refractivity contribution is 5.81. The number of carbonyl (C=O) groups excluding carboxylic acids is 1. The molecule has 1 aromatic rings. The molecule has 1 N–H and O–H groups in total. The maximum absolute atomic E-state index is 13.6. The van der Waals surface area contributed by atoms with Crippen molar-refractivity contribution in [2.75, 3.05) is 13.1 Å². The van der Waals surface area contributed by atoms with E-state index in [1.165, 1.54) is 6.07 Å². The fraction of sp³-hybridized carbons (Fsp3) is 0.529. The van der Waals surface area contributed by atoms with E-state index in [2.05, 4.69) is 0 Å². The van der Waals surface area contributed by atoms with Crippen LogP contribution in [-0.2, 0) is 16.0 Å². The molecule has 1 aliphatic rings. The van der Waals surface area contributed by atoms with E-state index in [4.69, 9.17) is 0 Å². The SMILES string of the molecule is C[C@H](CCc1ccccc1F)C(=O)N1CC[C@](C)(C(=O)O)C1. The van der Waals surface area contributed by atoms with Crippen molar-refractivity contribution in [2.24, 2.45) is 11.3 Å². The Bertz CT molecular complexity index is 575. The number of benzene rings is 1. The van der Waals surface area contributed by atoms with Gasteiger partial charge in [-0.3, -0.25) is 9.59 Å². The standard InChI is InChI=1S/C17H22FNO3/c1-12(7-8-13-5-3-4-6-14(13)18)15(20)19-10-9-17(2,11-19)16(21)22/h3-6,12H,7-11H2,1-2H3,(H,21,22)/t12-,17+/m1/s1. The molecule has 0 aliphatic carbocycles. The number of likely N-dealkylation sites (tertiary alicyclic amines) is 1. The van der Waals surface area contributed by atoms with Crippen LogP contribution in [0.15, 0.2) is 24.3 Å². The van der Waals surface area contributed by atoms with E-state index in [0.29, 0.717) is 31.4 Å². The summed E-state index contributed by atoms with van der Waals surface area (Å²) in [6, 6.07) is 6.57. The molecule has 1 saturated heterocycles. The van der Waals surface area contributed by atoms with Gasteiger partial charge in [-0.25, -0.2) is 4.39 Å². The van der Waals surface area contributed by atoms with Gasteiger partial charge in [0.15, 0.2) is 0 Å². The van der Waals surface area contributed by atoms with Crippen molar-refractivity contribution < 1.29 is 19.1 Å². The summed E-state index contributed by atoms with van der Waals surface area (Å²) in [5.41, 5.74) is -0.236. The van der Waals surface area contributed by atoms with Crippen LogP contribution >= 0.6 is 0 Å². The van der Waals surface area contributed by atoms with Crippen LogP contribution in [0.1, 0.15) is 32.3 Å². The molecular weight excluding hydrogens is 285 g/mol. The molecule has 1 heterocycles. The highest BCUT2D eigenvalue weighted by Gasteiger charge is 2.42. The van der Waals surface area contributed by atoms with Crippen LogP contribution < -0.4 is 0 Å². The summed E-state index contributed by atoms with van der Waals surface area (Å²) in [4.78, 5) is 25.3. The average Bonchev–Trinajstić information content (AvgIpc) is 2.89. The Morgan fingerprint density at radius 3 is 2.68 bits per heavy atom. The Hall–Kier alpha value is -1.91. The zero-order chi connectivity index (χ0) is 16.3. The van der Waals surface area contributed by atoms with Crippen molar-refractivity contribution in [1.29, 1.82) is 0 Å². The second kappa shape index (κ2) is 6.46. The molecule has 5 heteroatoms. The molecular formula is C17H22FNO3. The first-order valence-electron chi connectivity index (χ1n) is 7.59. The number of hydrogen-bond acceptors (Lipinski definition) is 2. The molecule has 2 atom stereocenters. The monoisotopic (exact) mass is 307 g/mol. The van der Waals surface area contributed by atoms with E-state index >= 15 is 0 Å². The molecule has 1 aromatic carbocycles. The van der Waals surface area contributed by atoms with E-state index in [9.17, 15) is 19.1 Å². The summed E-state index contributed by atoms with van der Waals surface area (Å²) in [5, 5.41) is 9.21. The summed E-state index contributed by atoms with van der Waals surface area (Å²) in [6.07, 6.45) is 1.54. The van der Waals surface area contributed by atoms with E-state index < -0.39 is 11.4 Å². The molecule has 2 rings (SSSR count). The zero-order valence-corrected chi connectivity index (χ0v) is 13.0. The predicted octanol–water partition coefficient (Wildman–Crippen LogP) is 2.72. The number of halogens is 1. The number of carboxylic acids is 1. The molecule has 0 aromatic heterocycles. The lowest BCUT2D eigenvalue weighted by molar-refractivity contribution is -0.147. The van der Waals surface area contributed by atoms with Gasteiger partial charge in [0, 0.05) is 19.0 Å². The van der Waals surface area contributed by atoms with Gasteiger partial charge in [-0.15, -0.1) is 0 Å². The molecule has 1 fully saturated rings. The van der Waals surface area contributed by atoms with Crippen LogP contribution in [0.3, 0.4) is 0 Å². The second-order valence-electron chi connectivity index (χ2n) is 6.41. The number of aryl methyl sites for hydroxylation is 1. The maximum Gasteiger partial charge on any atom is 0.311 e. The first-order valence-corrected chi connectivity index (χ1v) is 7.59. The summed E-state index contributed by atoms with van der Waals surface area (Å²) in [6.45, 7) is 4.23. The van der Waals surface area contributed by atoms with Gasteiger partial charge in [-0.2, -0.15) is 0 Å². The number of carboxylic acid groups (broad SMARTS) is 1. The normalized spacial score (nSPS) is 22.6. The van der Waals surface area contributed by atoms with E-state index in [1.54, 1.807) is 30.0 Å². The van der Waals surface area contributed by atoms with Crippen molar-refractivity contribution in [3.8, 4) is 0 Å². The smallest absolute Gasteiger partial charge is 0.311 e. The summed E-state index contributed by atoms with van der Waals surface area (Å²) in [7, 11) is 0. The molecule has 1 aliphatic heterocycles.